The van der Waals surface area contributed by atoms with Crippen LogP contribution in [0.2, 0.25) is 0 Å². The first-order valence-electron chi connectivity index (χ1n) is 7.51. The van der Waals surface area contributed by atoms with Gasteiger partial charge in [0.1, 0.15) is 6.10 Å². The first-order chi connectivity index (χ1) is 8.34. The number of ether oxygens (including phenoxy) is 1. The summed E-state index contributed by atoms with van der Waals surface area (Å²) in [5.41, 5.74) is 1.59. The number of rotatable bonds is 2. The zero-order chi connectivity index (χ0) is 13.2. The first kappa shape index (κ1) is 12.5. The van der Waals surface area contributed by atoms with E-state index < -0.39 is 0 Å². The summed E-state index contributed by atoms with van der Waals surface area (Å²) in [7, 11) is 0. The molecule has 2 heteroatoms. The maximum atomic E-state index is 11.2. The number of hydrogen-bond acceptors (Lipinski definition) is 2. The van der Waals surface area contributed by atoms with E-state index in [0.717, 1.165) is 5.92 Å². The van der Waals surface area contributed by atoms with Crippen molar-refractivity contribution in [2.24, 2.45) is 22.2 Å². The Morgan fingerprint density at radius 1 is 1.28 bits per heavy atom. The van der Waals surface area contributed by atoms with Crippen molar-refractivity contribution in [2.75, 3.05) is 0 Å². The van der Waals surface area contributed by atoms with E-state index >= 15 is 0 Å². The van der Waals surface area contributed by atoms with Crippen LogP contribution in [0.4, 0.5) is 0 Å². The van der Waals surface area contributed by atoms with Crippen LogP contribution < -0.4 is 0 Å². The van der Waals surface area contributed by atoms with Gasteiger partial charge in [-0.05, 0) is 62.2 Å². The Labute approximate surface area is 110 Å². The summed E-state index contributed by atoms with van der Waals surface area (Å²) in [5.74, 6) is 0.668. The maximum Gasteiger partial charge on any atom is 0.302 e. The lowest BCUT2D eigenvalue weighted by Crippen LogP contribution is -2.35. The fraction of sp³-hybridized carbons (Fsp3) is 0.938. The Morgan fingerprint density at radius 3 is 2.50 bits per heavy atom. The summed E-state index contributed by atoms with van der Waals surface area (Å²) >= 11 is 0. The van der Waals surface area contributed by atoms with Gasteiger partial charge in [0.25, 0.3) is 0 Å². The van der Waals surface area contributed by atoms with E-state index in [9.17, 15) is 4.79 Å². The van der Waals surface area contributed by atoms with Crippen molar-refractivity contribution in [3.8, 4) is 0 Å². The van der Waals surface area contributed by atoms with Crippen LogP contribution in [0, 0.1) is 22.2 Å². The molecule has 2 nitrogen and oxygen atoms in total. The summed E-state index contributed by atoms with van der Waals surface area (Å²) in [6.07, 6.45) is 8.26. The molecule has 0 radical (unpaired) electrons. The van der Waals surface area contributed by atoms with Gasteiger partial charge >= 0.3 is 5.97 Å². The highest BCUT2D eigenvalue weighted by Gasteiger charge is 2.76. The zero-order valence-electron chi connectivity index (χ0n) is 12.2. The fourth-order valence-corrected chi connectivity index (χ4v) is 5.22. The standard InChI is InChI=1S/C16H26O2/c1-11-9-14(4,12(2)18-13(3)17)5-6-15-7-8-16(11,15)10-15/h11-12H,5-10H2,1-4H3. The molecule has 18 heavy (non-hydrogen) atoms. The predicted molar refractivity (Wildman–Crippen MR) is 71.1 cm³/mol. The lowest BCUT2D eigenvalue weighted by atomic mass is 9.66. The van der Waals surface area contributed by atoms with Crippen molar-refractivity contribution < 1.29 is 9.53 Å². The number of hydrogen-bond donors (Lipinski definition) is 0. The van der Waals surface area contributed by atoms with Gasteiger partial charge in [-0.15, -0.1) is 0 Å². The average molecular weight is 250 g/mol. The van der Waals surface area contributed by atoms with Crippen LogP contribution in [-0.4, -0.2) is 12.1 Å². The molecule has 0 saturated heterocycles. The van der Waals surface area contributed by atoms with Crippen molar-refractivity contribution in [3.05, 3.63) is 0 Å². The van der Waals surface area contributed by atoms with Crippen LogP contribution in [-0.2, 0) is 9.53 Å². The van der Waals surface area contributed by atoms with Crippen LogP contribution in [0.15, 0.2) is 0 Å². The van der Waals surface area contributed by atoms with E-state index in [1.54, 1.807) is 0 Å². The second-order valence-electron chi connectivity index (χ2n) is 7.62. The van der Waals surface area contributed by atoms with Crippen molar-refractivity contribution in [3.63, 3.8) is 0 Å². The monoisotopic (exact) mass is 250 g/mol. The molecule has 0 aromatic rings. The van der Waals surface area contributed by atoms with Crippen LogP contribution >= 0.6 is 0 Å². The maximum absolute atomic E-state index is 11.2. The van der Waals surface area contributed by atoms with E-state index in [1.807, 2.05) is 0 Å². The summed E-state index contributed by atoms with van der Waals surface area (Å²) in [6.45, 7) is 8.38. The van der Waals surface area contributed by atoms with Crippen LogP contribution in [0.5, 0.6) is 0 Å². The molecular weight excluding hydrogens is 224 g/mol. The normalized spacial score (nSPS) is 51.2. The summed E-state index contributed by atoms with van der Waals surface area (Å²) in [5, 5.41) is 0. The first-order valence-corrected chi connectivity index (χ1v) is 7.51. The molecule has 3 aliphatic rings. The molecule has 0 N–H and O–H groups in total. The molecular formula is C16H26O2. The van der Waals surface area contributed by atoms with E-state index in [-0.39, 0.29) is 17.5 Å². The number of esters is 1. The highest BCUT2D eigenvalue weighted by Crippen LogP contribution is 2.84. The topological polar surface area (TPSA) is 26.3 Å². The van der Waals surface area contributed by atoms with Gasteiger partial charge in [-0.3, -0.25) is 4.79 Å². The van der Waals surface area contributed by atoms with Gasteiger partial charge in [-0.25, -0.2) is 0 Å². The van der Waals surface area contributed by atoms with Gasteiger partial charge in [-0.2, -0.15) is 0 Å². The molecule has 0 amide bonds. The largest absolute Gasteiger partial charge is 0.462 e. The highest BCUT2D eigenvalue weighted by atomic mass is 16.5. The molecule has 3 aliphatic carbocycles. The second-order valence-corrected chi connectivity index (χ2v) is 7.62. The molecule has 0 heterocycles. The molecule has 0 aromatic carbocycles. The molecule has 5 unspecified atom stereocenters. The lowest BCUT2D eigenvalue weighted by molar-refractivity contribution is -0.152. The third-order valence-electron chi connectivity index (χ3n) is 6.85. The van der Waals surface area contributed by atoms with E-state index in [0.29, 0.717) is 10.8 Å². The SMILES string of the molecule is CC(=O)OC(C)C1(C)CCC23CCC2(C3)C(C)C1. The zero-order valence-corrected chi connectivity index (χ0v) is 12.2. The average Bonchev–Trinajstić information content (AvgIpc) is 2.73. The Morgan fingerprint density at radius 2 is 1.94 bits per heavy atom. The highest BCUT2D eigenvalue weighted by molar-refractivity contribution is 5.66. The molecule has 3 fully saturated rings. The minimum absolute atomic E-state index is 0.0575. The van der Waals surface area contributed by atoms with Gasteiger partial charge in [0.05, 0.1) is 0 Å². The molecule has 102 valence electrons. The van der Waals surface area contributed by atoms with Crippen molar-refractivity contribution in [2.45, 2.75) is 72.3 Å². The predicted octanol–water partition coefficient (Wildman–Crippen LogP) is 3.93. The van der Waals surface area contributed by atoms with Crippen LogP contribution in [0.3, 0.4) is 0 Å². The molecule has 5 atom stereocenters. The van der Waals surface area contributed by atoms with Crippen LogP contribution in [0.1, 0.15) is 66.2 Å². The lowest BCUT2D eigenvalue weighted by Gasteiger charge is -2.39. The van der Waals surface area contributed by atoms with Crippen molar-refractivity contribution in [1.82, 2.24) is 0 Å². The van der Waals surface area contributed by atoms with E-state index in [4.69, 9.17) is 4.74 Å². The fourth-order valence-electron chi connectivity index (χ4n) is 5.22. The minimum atomic E-state index is -0.134. The van der Waals surface area contributed by atoms with Gasteiger partial charge in [0, 0.05) is 12.3 Å². The van der Waals surface area contributed by atoms with Gasteiger partial charge in [0.2, 0.25) is 0 Å². The Hall–Kier alpha value is -0.530. The van der Waals surface area contributed by atoms with Gasteiger partial charge in [0.15, 0.2) is 0 Å². The van der Waals surface area contributed by atoms with Gasteiger partial charge < -0.3 is 4.74 Å². The van der Waals surface area contributed by atoms with Gasteiger partial charge in [-0.1, -0.05) is 13.8 Å². The molecule has 0 spiro atoms. The summed E-state index contributed by atoms with van der Waals surface area (Å²) < 4.78 is 5.49. The molecule has 0 aliphatic heterocycles. The number of carbonyl (C=O) groups excluding carboxylic acids is 1. The quantitative estimate of drug-likeness (QED) is 0.694. The molecule has 3 saturated carbocycles. The smallest absolute Gasteiger partial charge is 0.302 e. The van der Waals surface area contributed by atoms with Crippen molar-refractivity contribution >= 4 is 5.97 Å². The molecule has 3 rings (SSSR count). The Balaban J connectivity index is 1.76. The molecule has 0 bridgehead atoms. The Kier molecular flexibility index (Phi) is 2.44. The Bertz CT molecular complexity index is 391. The molecule has 0 aromatic heterocycles. The third-order valence-corrected chi connectivity index (χ3v) is 6.85. The number of carbonyl (C=O) groups is 1. The minimum Gasteiger partial charge on any atom is -0.462 e. The van der Waals surface area contributed by atoms with Crippen molar-refractivity contribution in [1.29, 1.82) is 0 Å². The summed E-state index contributed by atoms with van der Waals surface area (Å²) in [6, 6.07) is 0. The van der Waals surface area contributed by atoms with E-state index in [2.05, 4.69) is 20.8 Å². The second kappa shape index (κ2) is 3.52. The summed E-state index contributed by atoms with van der Waals surface area (Å²) in [4.78, 5) is 11.2. The van der Waals surface area contributed by atoms with Crippen LogP contribution in [0.25, 0.3) is 0 Å². The van der Waals surface area contributed by atoms with E-state index in [1.165, 1.54) is 45.4 Å². The third kappa shape index (κ3) is 1.44.